The Morgan fingerprint density at radius 1 is 1.30 bits per heavy atom. The third-order valence-electron chi connectivity index (χ3n) is 5.73. The van der Waals surface area contributed by atoms with E-state index in [9.17, 15) is 4.79 Å². The number of rotatable bonds is 6. The monoisotopic (exact) mass is 464 g/mol. The zero-order valence-corrected chi connectivity index (χ0v) is 20.8. The summed E-state index contributed by atoms with van der Waals surface area (Å²) in [4.78, 5) is 33.1. The molecule has 1 saturated heterocycles. The Morgan fingerprint density at radius 2 is 2.06 bits per heavy atom. The average molecular weight is 464 g/mol. The highest BCUT2D eigenvalue weighted by atomic mass is 31.0. The van der Waals surface area contributed by atoms with Gasteiger partial charge >= 0.3 is 6.01 Å². The van der Waals surface area contributed by atoms with Gasteiger partial charge in [-0.15, -0.1) is 9.24 Å². The second kappa shape index (κ2) is 9.60. The Balaban J connectivity index is 1.70. The maximum atomic E-state index is 13.2. The zero-order chi connectivity index (χ0) is 23.6. The van der Waals surface area contributed by atoms with Crippen LogP contribution in [0.2, 0.25) is 0 Å². The van der Waals surface area contributed by atoms with Crippen molar-refractivity contribution < 1.29 is 9.53 Å². The lowest BCUT2D eigenvalue weighted by Gasteiger charge is -2.25. The van der Waals surface area contributed by atoms with Crippen LogP contribution in [0.1, 0.15) is 56.0 Å². The second-order valence-electron chi connectivity index (χ2n) is 9.24. The zero-order valence-electron chi connectivity index (χ0n) is 19.6. The molecule has 172 valence electrons. The summed E-state index contributed by atoms with van der Waals surface area (Å²) < 4.78 is 5.49. The first kappa shape index (κ1) is 23.4. The van der Waals surface area contributed by atoms with Crippen molar-refractivity contribution in [3.8, 4) is 6.01 Å². The van der Waals surface area contributed by atoms with Crippen molar-refractivity contribution in [3.05, 3.63) is 41.3 Å². The molecule has 10 heteroatoms. The van der Waals surface area contributed by atoms with E-state index in [0.29, 0.717) is 11.3 Å². The van der Waals surface area contributed by atoms with Gasteiger partial charge in [0.2, 0.25) is 0 Å². The molecular weight excluding hydrogens is 434 g/mol. The van der Waals surface area contributed by atoms with Gasteiger partial charge in [-0.3, -0.25) is 9.79 Å². The van der Waals surface area contributed by atoms with Crippen molar-refractivity contribution in [1.29, 1.82) is 0 Å². The smallest absolute Gasteiger partial charge is 0.316 e. The molecule has 4 rings (SSSR count). The molecular formula is C23H30BN6O2P. The SMILES string of the molecule is BC1=C(c2ccnc(N3CCC(C)(P)C3)c2NC(=O)c2cnc(OC(C)C)nc2)N=CCC1. The molecule has 2 atom stereocenters. The normalized spacial score (nSPS) is 20.5. The van der Waals surface area contributed by atoms with Gasteiger partial charge in [0.25, 0.3) is 5.91 Å². The fourth-order valence-corrected chi connectivity index (χ4v) is 4.38. The highest BCUT2D eigenvalue weighted by Gasteiger charge is 2.32. The van der Waals surface area contributed by atoms with Crippen molar-refractivity contribution in [2.45, 2.75) is 51.3 Å². The maximum Gasteiger partial charge on any atom is 0.316 e. The number of nitrogens with zero attached hydrogens (tertiary/aromatic N) is 5. The van der Waals surface area contributed by atoms with Gasteiger partial charge < -0.3 is 15.0 Å². The number of amides is 1. The van der Waals surface area contributed by atoms with Gasteiger partial charge in [0.15, 0.2) is 5.82 Å². The van der Waals surface area contributed by atoms with Crippen LogP contribution in [0, 0.1) is 0 Å². The molecule has 1 fully saturated rings. The third-order valence-corrected chi connectivity index (χ3v) is 6.20. The summed E-state index contributed by atoms with van der Waals surface area (Å²) in [6, 6.07) is 2.17. The number of hydrogen-bond donors (Lipinski definition) is 1. The minimum Gasteiger partial charge on any atom is -0.461 e. The number of aliphatic imine (C=N–C) groups is 1. The van der Waals surface area contributed by atoms with Crippen molar-refractivity contribution in [2.75, 3.05) is 23.3 Å². The molecule has 0 aliphatic carbocycles. The van der Waals surface area contributed by atoms with E-state index in [0.717, 1.165) is 49.4 Å². The standard InChI is InChI=1S/C23H30BN6O2P/c1-14(2)32-22-27-11-15(12-28-22)21(31)29-19-16(18-17(24)5-4-8-25-18)6-9-26-20(19)30-10-7-23(3,33)13-30/h6,8-9,11-12,14H,4-5,7,10,13,24,33H2,1-3H3,(H,29,31). The van der Waals surface area contributed by atoms with Crippen molar-refractivity contribution in [1.82, 2.24) is 15.0 Å². The second-order valence-corrected chi connectivity index (χ2v) is 10.6. The molecule has 2 unspecified atom stereocenters. The minimum absolute atomic E-state index is 0.0411. The number of carbonyl (C=O) groups excluding carboxylic acids is 1. The third kappa shape index (κ3) is 5.41. The number of hydrogen-bond acceptors (Lipinski definition) is 7. The van der Waals surface area contributed by atoms with E-state index in [4.69, 9.17) is 4.74 Å². The van der Waals surface area contributed by atoms with Gasteiger partial charge in [-0.2, -0.15) is 0 Å². The highest BCUT2D eigenvalue weighted by molar-refractivity contribution is 7.19. The lowest BCUT2D eigenvalue weighted by atomic mass is 9.85. The first-order valence-electron chi connectivity index (χ1n) is 11.3. The number of carbonyl (C=O) groups is 1. The average Bonchev–Trinajstić information content (AvgIpc) is 3.14. The molecule has 2 aromatic rings. The summed E-state index contributed by atoms with van der Waals surface area (Å²) in [5, 5.41) is 3.21. The molecule has 2 aliphatic rings. The quantitative estimate of drug-likeness (QED) is 0.522. The van der Waals surface area contributed by atoms with E-state index in [-0.39, 0.29) is 23.2 Å². The van der Waals surface area contributed by atoms with Gasteiger partial charge in [-0.05, 0) is 39.2 Å². The molecule has 33 heavy (non-hydrogen) atoms. The molecule has 8 nitrogen and oxygen atoms in total. The van der Waals surface area contributed by atoms with Gasteiger partial charge in [-0.1, -0.05) is 12.4 Å². The molecule has 2 aromatic heterocycles. The van der Waals surface area contributed by atoms with Crippen LogP contribution in [0.5, 0.6) is 6.01 Å². The van der Waals surface area contributed by atoms with Gasteiger partial charge in [-0.25, -0.2) is 15.0 Å². The topological polar surface area (TPSA) is 92.6 Å². The van der Waals surface area contributed by atoms with E-state index in [1.165, 1.54) is 17.9 Å². The predicted octanol–water partition coefficient (Wildman–Crippen LogP) is 2.92. The van der Waals surface area contributed by atoms with Crippen LogP contribution >= 0.6 is 9.24 Å². The Morgan fingerprint density at radius 3 is 2.70 bits per heavy atom. The molecule has 0 saturated carbocycles. The van der Waals surface area contributed by atoms with E-state index < -0.39 is 0 Å². The molecule has 4 heterocycles. The molecule has 1 amide bonds. The molecule has 0 aromatic carbocycles. The molecule has 0 radical (unpaired) electrons. The van der Waals surface area contributed by atoms with Gasteiger partial charge in [0, 0.05) is 48.6 Å². The molecule has 2 aliphatic heterocycles. The van der Waals surface area contributed by atoms with Crippen molar-refractivity contribution in [2.24, 2.45) is 4.99 Å². The van der Waals surface area contributed by atoms with Crippen LogP contribution < -0.4 is 15.0 Å². The Hall–Kier alpha value is -2.80. The highest BCUT2D eigenvalue weighted by Crippen LogP contribution is 2.39. The maximum absolute atomic E-state index is 13.2. The summed E-state index contributed by atoms with van der Waals surface area (Å²) in [5.41, 5.74) is 3.98. The van der Waals surface area contributed by atoms with E-state index in [1.54, 1.807) is 6.20 Å². The molecule has 0 bridgehead atoms. The number of aromatic nitrogens is 3. The van der Waals surface area contributed by atoms with Crippen molar-refractivity contribution in [3.63, 3.8) is 0 Å². The van der Waals surface area contributed by atoms with Gasteiger partial charge in [0.05, 0.1) is 23.1 Å². The van der Waals surface area contributed by atoms with Crippen LogP contribution in [-0.4, -0.2) is 59.3 Å². The van der Waals surface area contributed by atoms with Crippen LogP contribution in [0.4, 0.5) is 11.5 Å². The summed E-state index contributed by atoms with van der Waals surface area (Å²) in [7, 11) is 5.03. The largest absolute Gasteiger partial charge is 0.461 e. The lowest BCUT2D eigenvalue weighted by molar-refractivity contribution is 0.102. The number of nitrogens with one attached hydrogen (secondary N) is 1. The first-order valence-corrected chi connectivity index (χ1v) is 11.9. The molecule has 0 spiro atoms. The first-order chi connectivity index (χ1) is 15.7. The fourth-order valence-electron chi connectivity index (χ4n) is 4.03. The fraction of sp³-hybridized carbons (Fsp3) is 0.435. The van der Waals surface area contributed by atoms with E-state index >= 15 is 0 Å². The summed E-state index contributed by atoms with van der Waals surface area (Å²) in [6.45, 7) is 7.72. The number of allylic oxidation sites excluding steroid dienone is 1. The summed E-state index contributed by atoms with van der Waals surface area (Å²) in [6.07, 6.45) is 9.55. The van der Waals surface area contributed by atoms with Crippen LogP contribution in [0.25, 0.3) is 5.70 Å². The number of ether oxygens (including phenoxy) is 1. The minimum atomic E-state index is -0.299. The van der Waals surface area contributed by atoms with Crippen LogP contribution in [0.15, 0.2) is 35.1 Å². The Bertz CT molecular complexity index is 1100. The predicted molar refractivity (Wildman–Crippen MR) is 138 cm³/mol. The lowest BCUT2D eigenvalue weighted by Crippen LogP contribution is -2.27. The van der Waals surface area contributed by atoms with Crippen LogP contribution in [-0.2, 0) is 0 Å². The summed E-state index contributed by atoms with van der Waals surface area (Å²) in [5.74, 6) is 0.459. The Labute approximate surface area is 198 Å². The Kier molecular flexibility index (Phi) is 6.79. The van der Waals surface area contributed by atoms with E-state index in [1.807, 2.05) is 26.1 Å². The van der Waals surface area contributed by atoms with Crippen molar-refractivity contribution >= 4 is 46.4 Å². The van der Waals surface area contributed by atoms with Gasteiger partial charge in [0.1, 0.15) is 7.85 Å². The number of anilines is 2. The van der Waals surface area contributed by atoms with E-state index in [2.05, 4.69) is 54.2 Å². The molecule has 1 N–H and O–H groups in total. The summed E-state index contributed by atoms with van der Waals surface area (Å²) >= 11 is 0. The number of pyridine rings is 1. The van der Waals surface area contributed by atoms with Crippen LogP contribution in [0.3, 0.4) is 0 Å².